The minimum Gasteiger partial charge on any atom is -0.508 e. The summed E-state index contributed by atoms with van der Waals surface area (Å²) in [4.78, 5) is 25.7. The van der Waals surface area contributed by atoms with Crippen LogP contribution in [0.1, 0.15) is 28.4 Å². The Morgan fingerprint density at radius 1 is 0.519 bits per heavy atom. The minimum absolute atomic E-state index is 0.0607. The van der Waals surface area contributed by atoms with Crippen molar-refractivity contribution in [2.75, 3.05) is 19.8 Å². The molecular formula is C51H54O26. The number of carbonyl (C=O) groups excluding carboxylic acids is 2. The quantitative estimate of drug-likeness (QED) is 0.0354. The lowest BCUT2D eigenvalue weighted by Crippen LogP contribution is -2.64. The molecule has 15 N–H and O–H groups in total. The topological polar surface area (TPSA) is 421 Å². The Hall–Kier alpha value is -7.28. The Kier molecular flexibility index (Phi) is 17.4. The summed E-state index contributed by atoms with van der Waals surface area (Å²) in [5.41, 5.74) is 0.748. The zero-order chi connectivity index (χ0) is 55.4. The van der Waals surface area contributed by atoms with Crippen molar-refractivity contribution in [1.29, 1.82) is 0 Å². The van der Waals surface area contributed by atoms with Crippen LogP contribution in [0.2, 0.25) is 0 Å². The molecular weight excluding hydrogens is 1030 g/mol. The van der Waals surface area contributed by atoms with Gasteiger partial charge in [-0.1, -0.05) is 24.3 Å². The van der Waals surface area contributed by atoms with Crippen LogP contribution in [0.5, 0.6) is 46.0 Å². The molecule has 414 valence electrons. The van der Waals surface area contributed by atoms with Crippen LogP contribution in [-0.2, 0) is 42.7 Å². The Balaban J connectivity index is 1.10. The first-order valence-electron chi connectivity index (χ1n) is 23.5. The van der Waals surface area contributed by atoms with E-state index in [1.807, 2.05) is 0 Å². The smallest absolute Gasteiger partial charge is 0.330 e. The molecule has 77 heavy (non-hydrogen) atoms. The van der Waals surface area contributed by atoms with Gasteiger partial charge in [0, 0.05) is 29.8 Å². The first-order valence-corrected chi connectivity index (χ1v) is 23.5. The summed E-state index contributed by atoms with van der Waals surface area (Å²) in [5, 5.41) is 158. The van der Waals surface area contributed by atoms with Crippen LogP contribution in [0.15, 0.2) is 90.7 Å². The Morgan fingerprint density at radius 2 is 1.04 bits per heavy atom. The number of phenolic OH excluding ortho intramolecular Hbond substituents is 6. The van der Waals surface area contributed by atoms with Gasteiger partial charge in [-0.15, -0.1) is 0 Å². The van der Waals surface area contributed by atoms with Crippen molar-refractivity contribution in [1.82, 2.24) is 0 Å². The zero-order valence-electron chi connectivity index (χ0n) is 39.9. The standard InChI is InChI=1S/C51H54O26/c52-18-34-39(61)42(64)45(67)49(74-34)72-32-16-25(54)15-31-26(32)17-33(47(71-31)23-5-7-24(53)8-6-23)73-51-48(44(66)41(63)36(76-51)20-70-38(60)12-4-22-2-10-28(56)30(58)14-22)77-50-46(68)43(65)40(62)35(75-50)19-69-37(59)11-3-21-1-9-27(55)29(57)13-21/h1-17,34-36,39-58,61-68H,18-20H2. The van der Waals surface area contributed by atoms with E-state index >= 15 is 0 Å². The summed E-state index contributed by atoms with van der Waals surface area (Å²) in [6.07, 6.45) is -24.2. The highest BCUT2D eigenvalue weighted by molar-refractivity contribution is 5.87. The number of fused-ring (bicyclic) bond motifs is 1. The molecule has 0 amide bonds. The normalized spacial score (nSPS) is 31.2. The van der Waals surface area contributed by atoms with Gasteiger partial charge in [0.2, 0.25) is 12.6 Å². The third-order valence-corrected chi connectivity index (χ3v) is 12.6. The number of rotatable bonds is 16. The lowest BCUT2D eigenvalue weighted by molar-refractivity contribution is -0.364. The van der Waals surface area contributed by atoms with Gasteiger partial charge in [0.25, 0.3) is 0 Å². The maximum absolute atomic E-state index is 12.9. The van der Waals surface area contributed by atoms with E-state index in [9.17, 15) is 86.2 Å². The van der Waals surface area contributed by atoms with Crippen LogP contribution in [0.25, 0.3) is 18.2 Å². The summed E-state index contributed by atoms with van der Waals surface area (Å²) in [6.45, 7) is -2.39. The van der Waals surface area contributed by atoms with Crippen molar-refractivity contribution in [3.8, 4) is 46.0 Å². The maximum atomic E-state index is 12.9. The number of aliphatic hydroxyl groups is 9. The molecule has 0 bridgehead atoms. The zero-order valence-corrected chi connectivity index (χ0v) is 39.9. The number of esters is 2. The van der Waals surface area contributed by atoms with Gasteiger partial charge in [0.1, 0.15) is 109 Å². The molecule has 0 aromatic heterocycles. The van der Waals surface area contributed by atoms with E-state index in [1.165, 1.54) is 66.8 Å². The molecule has 0 aliphatic carbocycles. The average Bonchev–Trinajstić information content (AvgIpc) is 3.42. The number of aliphatic hydroxyl groups excluding tert-OH is 9. The number of hydrogen-bond donors (Lipinski definition) is 15. The van der Waals surface area contributed by atoms with Crippen molar-refractivity contribution in [3.63, 3.8) is 0 Å². The summed E-state index contributed by atoms with van der Waals surface area (Å²) in [7, 11) is 0. The van der Waals surface area contributed by atoms with Crippen LogP contribution in [-0.4, -0.2) is 200 Å². The van der Waals surface area contributed by atoms with Crippen molar-refractivity contribution >= 4 is 30.2 Å². The number of benzene rings is 4. The van der Waals surface area contributed by atoms with E-state index < -0.39 is 159 Å². The molecule has 3 saturated heterocycles. The van der Waals surface area contributed by atoms with Gasteiger partial charge in [0.15, 0.2) is 41.5 Å². The van der Waals surface area contributed by atoms with E-state index in [4.69, 9.17) is 42.6 Å². The number of hydrogen-bond acceptors (Lipinski definition) is 26. The number of phenols is 6. The molecule has 4 aromatic carbocycles. The number of ether oxygens (including phenoxy) is 9. The van der Waals surface area contributed by atoms with Crippen molar-refractivity contribution in [3.05, 3.63) is 113 Å². The summed E-state index contributed by atoms with van der Waals surface area (Å²) in [6, 6.07) is 15.0. The Bertz CT molecular complexity index is 2820. The van der Waals surface area contributed by atoms with Gasteiger partial charge >= 0.3 is 11.9 Å². The number of aromatic hydroxyl groups is 6. The van der Waals surface area contributed by atoms with E-state index in [-0.39, 0.29) is 45.3 Å². The van der Waals surface area contributed by atoms with Gasteiger partial charge in [0.05, 0.1) is 12.2 Å². The summed E-state index contributed by atoms with van der Waals surface area (Å²) in [5.74, 6) is -5.12. The van der Waals surface area contributed by atoms with Crippen LogP contribution >= 0.6 is 0 Å². The van der Waals surface area contributed by atoms with Crippen LogP contribution < -0.4 is 9.47 Å². The summed E-state index contributed by atoms with van der Waals surface area (Å²) >= 11 is 0. The van der Waals surface area contributed by atoms with Crippen LogP contribution in [0.4, 0.5) is 0 Å². The highest BCUT2D eigenvalue weighted by atomic mass is 16.8. The molecule has 0 radical (unpaired) electrons. The molecule has 26 heteroatoms. The summed E-state index contributed by atoms with van der Waals surface area (Å²) < 4.78 is 52.7. The maximum Gasteiger partial charge on any atom is 0.330 e. The fourth-order valence-electron chi connectivity index (χ4n) is 8.37. The second-order valence-corrected chi connectivity index (χ2v) is 18.0. The predicted molar refractivity (Wildman–Crippen MR) is 255 cm³/mol. The second-order valence-electron chi connectivity index (χ2n) is 18.0. The predicted octanol–water partition coefficient (Wildman–Crippen LogP) is -1.26. The first kappa shape index (κ1) is 55.9. The highest BCUT2D eigenvalue weighted by Crippen LogP contribution is 2.46. The van der Waals surface area contributed by atoms with E-state index in [0.29, 0.717) is 0 Å². The Morgan fingerprint density at radius 3 is 1.60 bits per heavy atom. The molecule has 4 aliphatic rings. The van der Waals surface area contributed by atoms with Crippen molar-refractivity contribution in [2.24, 2.45) is 0 Å². The van der Waals surface area contributed by atoms with Gasteiger partial charge < -0.3 is 119 Å². The third kappa shape index (κ3) is 12.8. The monoisotopic (exact) mass is 1080 g/mol. The molecule has 0 saturated carbocycles. The van der Waals surface area contributed by atoms with Gasteiger partial charge in [-0.2, -0.15) is 0 Å². The largest absolute Gasteiger partial charge is 0.508 e. The lowest BCUT2D eigenvalue weighted by Gasteiger charge is -2.46. The van der Waals surface area contributed by atoms with Crippen LogP contribution in [0, 0.1) is 0 Å². The molecule has 4 aromatic rings. The van der Waals surface area contributed by atoms with Crippen LogP contribution in [0.3, 0.4) is 0 Å². The fourth-order valence-corrected chi connectivity index (χ4v) is 8.37. The molecule has 0 spiro atoms. The Labute approximate surface area is 435 Å². The van der Waals surface area contributed by atoms with Gasteiger partial charge in [-0.25, -0.2) is 9.59 Å². The molecule has 3 fully saturated rings. The van der Waals surface area contributed by atoms with E-state index in [1.54, 1.807) is 0 Å². The molecule has 16 atom stereocenters. The van der Waals surface area contributed by atoms with Gasteiger partial charge in [-0.05, 0) is 65.8 Å². The second kappa shape index (κ2) is 23.9. The molecule has 4 aliphatic heterocycles. The van der Waals surface area contributed by atoms with Crippen molar-refractivity contribution in [2.45, 2.75) is 98.2 Å². The SMILES string of the molecule is O=C(C=Cc1ccc(O)c(O)c1)OCC1OC(OC2C(OC3=Cc4c(cc(O)cc4OC4OC(CO)C(O)C(O)C4O)OC3c3ccc(O)cc3)OC(COC(=O)C=Cc3ccc(O)c(O)c3)C(O)C2O)C(O)C(O)C1O. The molecule has 4 heterocycles. The average molecular weight is 1080 g/mol. The molecule has 26 nitrogen and oxygen atoms in total. The van der Waals surface area contributed by atoms with Crippen molar-refractivity contribution < 1.29 is 129 Å². The molecule has 16 unspecified atom stereocenters. The lowest BCUT2D eigenvalue weighted by atomic mass is 9.97. The van der Waals surface area contributed by atoms with Gasteiger partial charge in [-0.3, -0.25) is 0 Å². The fraction of sp³-hybridized carbons (Fsp3) is 0.373. The van der Waals surface area contributed by atoms with E-state index in [2.05, 4.69) is 0 Å². The minimum atomic E-state index is -2.14. The first-order chi connectivity index (χ1) is 36.7. The molecule has 8 rings (SSSR count). The van der Waals surface area contributed by atoms with E-state index in [0.717, 1.165) is 36.4 Å². The highest BCUT2D eigenvalue weighted by Gasteiger charge is 2.53. The third-order valence-electron chi connectivity index (χ3n) is 12.6. The number of carbonyl (C=O) groups is 2.